The molecule has 1 N–H and O–H groups in total. The first-order chi connectivity index (χ1) is 6.63. The monoisotopic (exact) mass is 209 g/mol. The summed E-state index contributed by atoms with van der Waals surface area (Å²) in [7, 11) is 0. The summed E-state index contributed by atoms with van der Waals surface area (Å²) in [5.74, 6) is -0.211. The molecule has 0 aromatic heterocycles. The van der Waals surface area contributed by atoms with Gasteiger partial charge in [-0.3, -0.25) is 4.79 Å². The number of halogens is 1. The fourth-order valence-electron chi connectivity index (χ4n) is 1.02. The zero-order chi connectivity index (χ0) is 10.6. The molecule has 0 aliphatic heterocycles. The summed E-state index contributed by atoms with van der Waals surface area (Å²) in [6, 6.07) is 7.40. The van der Waals surface area contributed by atoms with Crippen molar-refractivity contribution in [2.75, 3.05) is 5.32 Å². The van der Waals surface area contributed by atoms with Crippen molar-refractivity contribution < 1.29 is 4.79 Å². The normalized spacial score (nSPS) is 11.9. The summed E-state index contributed by atoms with van der Waals surface area (Å²) >= 11 is 5.88. The van der Waals surface area contributed by atoms with Crippen LogP contribution in [-0.2, 0) is 4.79 Å². The van der Waals surface area contributed by atoms with E-state index in [-0.39, 0.29) is 11.3 Å². The van der Waals surface area contributed by atoms with Crippen LogP contribution in [-0.4, -0.2) is 5.91 Å². The number of anilines is 1. The highest BCUT2D eigenvalue weighted by Gasteiger charge is 2.01. The van der Waals surface area contributed by atoms with Crippen LogP contribution in [0, 0.1) is 0 Å². The Morgan fingerprint density at radius 3 is 2.50 bits per heavy atom. The molecular weight excluding hydrogens is 198 g/mol. The van der Waals surface area contributed by atoms with Gasteiger partial charge in [-0.15, -0.1) is 11.6 Å². The summed E-state index contributed by atoms with van der Waals surface area (Å²) < 4.78 is 0. The summed E-state index contributed by atoms with van der Waals surface area (Å²) in [4.78, 5) is 10.9. The van der Waals surface area contributed by atoms with E-state index >= 15 is 0 Å². The van der Waals surface area contributed by atoms with Crippen LogP contribution in [0.3, 0.4) is 0 Å². The largest absolute Gasteiger partial charge is 0.323 e. The Kier molecular flexibility index (Phi) is 3.72. The maximum absolute atomic E-state index is 10.9. The van der Waals surface area contributed by atoms with Crippen LogP contribution >= 0.6 is 11.6 Å². The molecule has 0 spiro atoms. The standard InChI is InChI=1S/C11H12ClNO/c1-3-11(14)13-10-6-4-9(5-7-10)8(2)12/h3-8H,1H2,2H3,(H,13,14). The van der Waals surface area contributed by atoms with Crippen molar-refractivity contribution in [1.29, 1.82) is 0 Å². The molecule has 1 aromatic carbocycles. The molecule has 0 radical (unpaired) electrons. The van der Waals surface area contributed by atoms with E-state index in [2.05, 4.69) is 11.9 Å². The molecule has 0 fully saturated rings. The van der Waals surface area contributed by atoms with Crippen molar-refractivity contribution in [3.8, 4) is 0 Å². The molecule has 2 nitrogen and oxygen atoms in total. The maximum Gasteiger partial charge on any atom is 0.247 e. The average molecular weight is 210 g/mol. The van der Waals surface area contributed by atoms with Gasteiger partial charge in [0, 0.05) is 5.69 Å². The molecule has 1 unspecified atom stereocenters. The zero-order valence-corrected chi connectivity index (χ0v) is 8.71. The average Bonchev–Trinajstić information content (AvgIpc) is 2.18. The highest BCUT2D eigenvalue weighted by Crippen LogP contribution is 2.20. The minimum absolute atomic E-state index is 0.0147. The van der Waals surface area contributed by atoms with E-state index in [0.717, 1.165) is 11.3 Å². The summed E-state index contributed by atoms with van der Waals surface area (Å²) in [5, 5.41) is 2.64. The van der Waals surface area contributed by atoms with Gasteiger partial charge in [0.25, 0.3) is 0 Å². The number of carbonyl (C=O) groups excluding carboxylic acids is 1. The maximum atomic E-state index is 10.9. The number of nitrogens with one attached hydrogen (secondary N) is 1. The minimum Gasteiger partial charge on any atom is -0.323 e. The molecule has 1 rings (SSSR count). The highest BCUT2D eigenvalue weighted by molar-refractivity contribution is 6.20. The Balaban J connectivity index is 2.73. The molecule has 1 amide bonds. The molecule has 0 aliphatic carbocycles. The molecule has 0 saturated carbocycles. The third-order valence-corrected chi connectivity index (χ3v) is 2.07. The number of hydrogen-bond acceptors (Lipinski definition) is 1. The summed E-state index contributed by atoms with van der Waals surface area (Å²) in [5.41, 5.74) is 1.78. The van der Waals surface area contributed by atoms with Crippen molar-refractivity contribution in [1.82, 2.24) is 0 Å². The van der Waals surface area contributed by atoms with Gasteiger partial charge in [0.15, 0.2) is 0 Å². The molecule has 74 valence electrons. The molecular formula is C11H12ClNO. The van der Waals surface area contributed by atoms with Crippen LogP contribution in [0.5, 0.6) is 0 Å². The van der Waals surface area contributed by atoms with Crippen LogP contribution in [0.25, 0.3) is 0 Å². The van der Waals surface area contributed by atoms with E-state index < -0.39 is 0 Å². The van der Waals surface area contributed by atoms with Gasteiger partial charge < -0.3 is 5.32 Å². The van der Waals surface area contributed by atoms with E-state index in [4.69, 9.17) is 11.6 Å². The topological polar surface area (TPSA) is 29.1 Å². The van der Waals surface area contributed by atoms with Gasteiger partial charge >= 0.3 is 0 Å². The lowest BCUT2D eigenvalue weighted by Gasteiger charge is -2.05. The molecule has 0 bridgehead atoms. The van der Waals surface area contributed by atoms with Crippen LogP contribution in [0.15, 0.2) is 36.9 Å². The van der Waals surface area contributed by atoms with E-state index in [1.807, 2.05) is 31.2 Å². The molecule has 0 aliphatic rings. The molecule has 1 atom stereocenters. The van der Waals surface area contributed by atoms with Crippen molar-refractivity contribution in [2.24, 2.45) is 0 Å². The number of amides is 1. The third-order valence-electron chi connectivity index (χ3n) is 1.82. The Hall–Kier alpha value is -1.28. The Bertz CT molecular complexity index is 330. The van der Waals surface area contributed by atoms with Gasteiger partial charge in [0.05, 0.1) is 5.38 Å². The Morgan fingerprint density at radius 1 is 1.50 bits per heavy atom. The van der Waals surface area contributed by atoms with Crippen LogP contribution in [0.2, 0.25) is 0 Å². The Morgan fingerprint density at radius 2 is 2.07 bits per heavy atom. The van der Waals surface area contributed by atoms with Crippen molar-refractivity contribution in [3.05, 3.63) is 42.5 Å². The van der Waals surface area contributed by atoms with Gasteiger partial charge in [-0.25, -0.2) is 0 Å². The first kappa shape index (κ1) is 10.8. The predicted octanol–water partition coefficient (Wildman–Crippen LogP) is 3.11. The summed E-state index contributed by atoms with van der Waals surface area (Å²) in [6.07, 6.45) is 1.23. The van der Waals surface area contributed by atoms with E-state index in [1.165, 1.54) is 6.08 Å². The fraction of sp³-hybridized carbons (Fsp3) is 0.182. The van der Waals surface area contributed by atoms with Crippen LogP contribution in [0.4, 0.5) is 5.69 Å². The zero-order valence-electron chi connectivity index (χ0n) is 7.96. The number of rotatable bonds is 3. The minimum atomic E-state index is -0.211. The van der Waals surface area contributed by atoms with Crippen molar-refractivity contribution in [2.45, 2.75) is 12.3 Å². The van der Waals surface area contributed by atoms with Gasteiger partial charge in [-0.1, -0.05) is 18.7 Å². The molecule has 0 heterocycles. The van der Waals surface area contributed by atoms with Crippen LogP contribution in [0.1, 0.15) is 17.9 Å². The molecule has 3 heteroatoms. The Labute approximate surface area is 88.6 Å². The molecule has 14 heavy (non-hydrogen) atoms. The van der Waals surface area contributed by atoms with E-state index in [9.17, 15) is 4.79 Å². The predicted molar refractivity (Wildman–Crippen MR) is 59.5 cm³/mol. The number of carbonyl (C=O) groups is 1. The van der Waals surface area contributed by atoms with Gasteiger partial charge in [0.1, 0.15) is 0 Å². The smallest absolute Gasteiger partial charge is 0.247 e. The van der Waals surface area contributed by atoms with Gasteiger partial charge in [-0.05, 0) is 30.7 Å². The second-order valence-corrected chi connectivity index (χ2v) is 3.59. The highest BCUT2D eigenvalue weighted by atomic mass is 35.5. The van der Waals surface area contributed by atoms with Crippen molar-refractivity contribution >= 4 is 23.2 Å². The SMILES string of the molecule is C=CC(=O)Nc1ccc(C(C)Cl)cc1. The first-order valence-electron chi connectivity index (χ1n) is 4.31. The van der Waals surface area contributed by atoms with E-state index in [0.29, 0.717) is 0 Å². The number of hydrogen-bond donors (Lipinski definition) is 1. The number of benzene rings is 1. The fourth-order valence-corrected chi connectivity index (χ4v) is 1.17. The third kappa shape index (κ3) is 2.89. The van der Waals surface area contributed by atoms with Crippen LogP contribution < -0.4 is 5.32 Å². The number of alkyl halides is 1. The lowest BCUT2D eigenvalue weighted by molar-refractivity contribution is -0.111. The van der Waals surface area contributed by atoms with Crippen molar-refractivity contribution in [3.63, 3.8) is 0 Å². The lowest BCUT2D eigenvalue weighted by atomic mass is 10.1. The second kappa shape index (κ2) is 4.82. The summed E-state index contributed by atoms with van der Waals surface area (Å²) in [6.45, 7) is 5.27. The molecule has 1 aromatic rings. The second-order valence-electron chi connectivity index (χ2n) is 2.93. The lowest BCUT2D eigenvalue weighted by Crippen LogP contribution is -2.06. The van der Waals surface area contributed by atoms with Gasteiger partial charge in [-0.2, -0.15) is 0 Å². The quantitative estimate of drug-likeness (QED) is 0.602. The molecule has 0 saturated heterocycles. The van der Waals surface area contributed by atoms with Gasteiger partial charge in [0.2, 0.25) is 5.91 Å². The first-order valence-corrected chi connectivity index (χ1v) is 4.74. The van der Waals surface area contributed by atoms with E-state index in [1.54, 1.807) is 0 Å².